The van der Waals surface area contributed by atoms with Crippen LogP contribution in [0.15, 0.2) is 0 Å². The Labute approximate surface area is 109 Å². The molecule has 1 nitrogen and oxygen atoms in total. The fraction of sp³-hybridized carbons (Fsp3) is 1.00. The smallest absolute Gasteiger partial charge is 0.0166 e. The molecule has 0 aromatic heterocycles. The van der Waals surface area contributed by atoms with E-state index >= 15 is 0 Å². The van der Waals surface area contributed by atoms with E-state index in [1.807, 2.05) is 0 Å². The Morgan fingerprint density at radius 2 is 1.82 bits per heavy atom. The second-order valence-corrected chi connectivity index (χ2v) is 8.79. The Balaban J connectivity index is 1.37. The van der Waals surface area contributed by atoms with Crippen LogP contribution in [0.25, 0.3) is 0 Å². The standard InChI is InChI=1S/C15H25NS/c1-15(2)6-11(7-17-8-15)16-14-12-9-3-4-10(5-9)13(12)14/h9-14,16H,3-8H2,1-2H3. The van der Waals surface area contributed by atoms with Crippen molar-refractivity contribution in [3.05, 3.63) is 0 Å². The predicted octanol–water partition coefficient (Wildman–Crippen LogP) is 3.15. The Morgan fingerprint density at radius 1 is 1.12 bits per heavy atom. The quantitative estimate of drug-likeness (QED) is 0.809. The molecule has 1 N–H and O–H groups in total. The van der Waals surface area contributed by atoms with Gasteiger partial charge in [-0.25, -0.2) is 0 Å². The minimum Gasteiger partial charge on any atom is -0.310 e. The number of hydrogen-bond acceptors (Lipinski definition) is 2. The number of hydrogen-bond donors (Lipinski definition) is 1. The highest BCUT2D eigenvalue weighted by atomic mass is 32.2. The molecule has 96 valence electrons. The fourth-order valence-corrected chi connectivity index (χ4v) is 6.48. The third kappa shape index (κ3) is 1.78. The monoisotopic (exact) mass is 251 g/mol. The SMILES string of the molecule is CC1(C)CSCC(NC2C3C4CCC(C4)C23)C1. The highest BCUT2D eigenvalue weighted by Gasteiger charge is 2.65. The van der Waals surface area contributed by atoms with E-state index < -0.39 is 0 Å². The summed E-state index contributed by atoms with van der Waals surface area (Å²) in [6, 6.07) is 1.74. The molecule has 1 heterocycles. The number of fused-ring (bicyclic) bond motifs is 5. The molecule has 4 rings (SSSR count). The van der Waals surface area contributed by atoms with Crippen LogP contribution in [0.1, 0.15) is 39.5 Å². The lowest BCUT2D eigenvalue weighted by atomic mass is 9.87. The van der Waals surface area contributed by atoms with Gasteiger partial charge in [0, 0.05) is 17.8 Å². The normalized spacial score (nSPS) is 54.7. The van der Waals surface area contributed by atoms with Gasteiger partial charge in [-0.15, -0.1) is 0 Å². The Bertz CT molecular complexity index is 311. The molecule has 3 aliphatic carbocycles. The van der Waals surface area contributed by atoms with E-state index in [2.05, 4.69) is 30.9 Å². The second kappa shape index (κ2) is 3.66. The van der Waals surface area contributed by atoms with Gasteiger partial charge in [0.2, 0.25) is 0 Å². The first-order chi connectivity index (χ1) is 8.14. The van der Waals surface area contributed by atoms with Gasteiger partial charge in [0.05, 0.1) is 0 Å². The molecule has 2 bridgehead atoms. The predicted molar refractivity (Wildman–Crippen MR) is 74.2 cm³/mol. The van der Waals surface area contributed by atoms with Crippen LogP contribution in [0.3, 0.4) is 0 Å². The third-order valence-corrected chi connectivity index (χ3v) is 7.40. The van der Waals surface area contributed by atoms with E-state index in [-0.39, 0.29) is 0 Å². The Kier molecular flexibility index (Phi) is 2.40. The Morgan fingerprint density at radius 3 is 2.47 bits per heavy atom. The molecule has 17 heavy (non-hydrogen) atoms. The maximum absolute atomic E-state index is 4.03. The average molecular weight is 251 g/mol. The summed E-state index contributed by atoms with van der Waals surface area (Å²) < 4.78 is 0. The lowest BCUT2D eigenvalue weighted by molar-refractivity contribution is 0.304. The zero-order valence-electron chi connectivity index (χ0n) is 11.1. The number of rotatable bonds is 2. The van der Waals surface area contributed by atoms with Gasteiger partial charge in [-0.3, -0.25) is 0 Å². The van der Waals surface area contributed by atoms with E-state index in [4.69, 9.17) is 0 Å². The topological polar surface area (TPSA) is 12.0 Å². The minimum atomic E-state index is 0.559. The molecule has 4 aliphatic rings. The number of nitrogens with one attached hydrogen (secondary N) is 1. The summed E-state index contributed by atoms with van der Waals surface area (Å²) >= 11 is 2.16. The summed E-state index contributed by atoms with van der Waals surface area (Å²) in [6.45, 7) is 4.87. The molecule has 5 atom stereocenters. The summed E-state index contributed by atoms with van der Waals surface area (Å²) in [4.78, 5) is 0. The zero-order valence-corrected chi connectivity index (χ0v) is 11.9. The van der Waals surface area contributed by atoms with Gasteiger partial charge in [0.15, 0.2) is 0 Å². The van der Waals surface area contributed by atoms with E-state index in [0.717, 1.165) is 35.8 Å². The molecule has 0 spiro atoms. The second-order valence-electron chi connectivity index (χ2n) is 7.76. The number of thioether (sulfide) groups is 1. The van der Waals surface area contributed by atoms with Crippen LogP contribution in [0.5, 0.6) is 0 Å². The summed E-state index contributed by atoms with van der Waals surface area (Å²) in [5, 5.41) is 4.03. The largest absolute Gasteiger partial charge is 0.310 e. The van der Waals surface area contributed by atoms with Crippen LogP contribution in [-0.2, 0) is 0 Å². The molecule has 0 aromatic carbocycles. The Hall–Kier alpha value is 0.310. The first-order valence-electron chi connectivity index (χ1n) is 7.48. The van der Waals surface area contributed by atoms with E-state index in [1.165, 1.54) is 17.9 Å². The molecule has 4 fully saturated rings. The van der Waals surface area contributed by atoms with E-state index in [9.17, 15) is 0 Å². The highest BCUT2D eigenvalue weighted by molar-refractivity contribution is 7.99. The zero-order chi connectivity index (χ0) is 11.6. The maximum atomic E-state index is 4.03. The van der Waals surface area contributed by atoms with Crippen molar-refractivity contribution in [2.75, 3.05) is 11.5 Å². The first-order valence-corrected chi connectivity index (χ1v) is 8.63. The summed E-state index contributed by atoms with van der Waals surface area (Å²) in [5.41, 5.74) is 0.559. The fourth-order valence-electron chi connectivity index (χ4n) is 5.19. The van der Waals surface area contributed by atoms with Crippen molar-refractivity contribution < 1.29 is 0 Å². The first kappa shape index (κ1) is 11.2. The van der Waals surface area contributed by atoms with Crippen LogP contribution < -0.4 is 5.32 Å². The molecule has 3 saturated carbocycles. The van der Waals surface area contributed by atoms with Crippen molar-refractivity contribution in [3.63, 3.8) is 0 Å². The summed E-state index contributed by atoms with van der Waals surface area (Å²) in [7, 11) is 0. The molecule has 0 amide bonds. The van der Waals surface area contributed by atoms with Gasteiger partial charge in [-0.1, -0.05) is 13.8 Å². The van der Waals surface area contributed by atoms with Crippen molar-refractivity contribution in [1.29, 1.82) is 0 Å². The summed E-state index contributed by atoms with van der Waals surface area (Å²) in [6.07, 6.45) is 6.08. The van der Waals surface area contributed by atoms with Crippen molar-refractivity contribution in [2.24, 2.45) is 29.1 Å². The van der Waals surface area contributed by atoms with Gasteiger partial charge < -0.3 is 5.32 Å². The van der Waals surface area contributed by atoms with Crippen LogP contribution in [0.2, 0.25) is 0 Å². The van der Waals surface area contributed by atoms with Crippen molar-refractivity contribution in [3.8, 4) is 0 Å². The van der Waals surface area contributed by atoms with Gasteiger partial charge in [-0.2, -0.15) is 11.8 Å². The molecular formula is C15H25NS. The molecule has 0 radical (unpaired) electrons. The van der Waals surface area contributed by atoms with Crippen LogP contribution in [-0.4, -0.2) is 23.6 Å². The van der Waals surface area contributed by atoms with Gasteiger partial charge in [0.1, 0.15) is 0 Å². The van der Waals surface area contributed by atoms with Gasteiger partial charge >= 0.3 is 0 Å². The van der Waals surface area contributed by atoms with Crippen LogP contribution >= 0.6 is 11.8 Å². The van der Waals surface area contributed by atoms with Crippen molar-refractivity contribution in [1.82, 2.24) is 5.32 Å². The van der Waals surface area contributed by atoms with E-state index in [1.54, 1.807) is 19.3 Å². The van der Waals surface area contributed by atoms with Crippen LogP contribution in [0.4, 0.5) is 0 Å². The lowest BCUT2D eigenvalue weighted by Crippen LogP contribution is -2.42. The van der Waals surface area contributed by atoms with Gasteiger partial charge in [-0.05, 0) is 60.5 Å². The van der Waals surface area contributed by atoms with Crippen molar-refractivity contribution in [2.45, 2.75) is 51.6 Å². The van der Waals surface area contributed by atoms with E-state index in [0.29, 0.717) is 5.41 Å². The molecule has 0 aromatic rings. The highest BCUT2D eigenvalue weighted by Crippen LogP contribution is 2.65. The molecule has 5 unspecified atom stereocenters. The summed E-state index contributed by atoms with van der Waals surface area (Å²) in [5.74, 6) is 7.15. The third-order valence-electron chi connectivity index (χ3n) is 5.77. The molecular weight excluding hydrogens is 226 g/mol. The molecule has 1 aliphatic heterocycles. The minimum absolute atomic E-state index is 0.559. The lowest BCUT2D eigenvalue weighted by Gasteiger charge is -2.35. The molecule has 1 saturated heterocycles. The van der Waals surface area contributed by atoms with Crippen molar-refractivity contribution >= 4 is 11.8 Å². The van der Waals surface area contributed by atoms with Gasteiger partial charge in [0.25, 0.3) is 0 Å². The van der Waals surface area contributed by atoms with Crippen LogP contribution in [0, 0.1) is 29.1 Å². The molecule has 2 heteroatoms. The average Bonchev–Trinajstić information content (AvgIpc) is 2.69. The maximum Gasteiger partial charge on any atom is 0.0166 e.